The molecule has 0 amide bonds. The summed E-state index contributed by atoms with van der Waals surface area (Å²) in [5, 5.41) is 2.71. The van der Waals surface area contributed by atoms with E-state index in [1.54, 1.807) is 0 Å². The third-order valence-corrected chi connectivity index (χ3v) is 7.91. The van der Waals surface area contributed by atoms with Gasteiger partial charge in [0.1, 0.15) is 0 Å². The Morgan fingerprint density at radius 3 is 1.65 bits per heavy atom. The molecule has 0 unspecified atom stereocenters. The fraction of sp³-hybridized carbons (Fsp3) is 0.371. The van der Waals surface area contributed by atoms with Gasteiger partial charge in [0.15, 0.2) is 0 Å². The standard InChI is InChI=1S/C35H42N2/c1-4-6-8-14-23-36-25-31(28-18-10-12-21-33(28)36)30-20-16-17-27(3)35(30)32-26-37(24-15-9-7-5-2)34-22-13-11-19-29(32)34/h10-13,16-22,25-26H,4-9,14-15,23-24H2,1-3H3. The highest BCUT2D eigenvalue weighted by Crippen LogP contribution is 2.42. The van der Waals surface area contributed by atoms with Crippen LogP contribution in [0.3, 0.4) is 0 Å². The molecule has 5 rings (SSSR count). The fourth-order valence-corrected chi connectivity index (χ4v) is 5.94. The van der Waals surface area contributed by atoms with Gasteiger partial charge in [-0.3, -0.25) is 0 Å². The van der Waals surface area contributed by atoms with Crippen LogP contribution in [0.5, 0.6) is 0 Å². The first kappa shape index (κ1) is 25.4. The second kappa shape index (κ2) is 11.9. The van der Waals surface area contributed by atoms with Crippen molar-refractivity contribution < 1.29 is 0 Å². The Kier molecular flexibility index (Phi) is 8.14. The van der Waals surface area contributed by atoms with Crippen LogP contribution in [0.25, 0.3) is 44.1 Å². The number of hydrogen-bond donors (Lipinski definition) is 0. The molecule has 2 heteroatoms. The highest BCUT2D eigenvalue weighted by molar-refractivity contribution is 6.05. The lowest BCUT2D eigenvalue weighted by atomic mass is 9.90. The Morgan fingerprint density at radius 1 is 0.514 bits per heavy atom. The van der Waals surface area contributed by atoms with Crippen LogP contribution in [-0.4, -0.2) is 9.13 Å². The molecule has 0 saturated carbocycles. The number of aryl methyl sites for hydroxylation is 3. The molecule has 2 aromatic heterocycles. The molecule has 5 aromatic rings. The Labute approximate surface area is 222 Å². The Morgan fingerprint density at radius 2 is 1.05 bits per heavy atom. The van der Waals surface area contributed by atoms with Crippen molar-refractivity contribution in [2.45, 2.75) is 85.2 Å². The lowest BCUT2D eigenvalue weighted by Gasteiger charge is -2.12. The second-order valence-corrected chi connectivity index (χ2v) is 10.6. The summed E-state index contributed by atoms with van der Waals surface area (Å²) in [6, 6.07) is 24.8. The topological polar surface area (TPSA) is 9.86 Å². The summed E-state index contributed by atoms with van der Waals surface area (Å²) in [5.74, 6) is 0. The van der Waals surface area contributed by atoms with Gasteiger partial charge in [-0.05, 0) is 48.6 Å². The number of rotatable bonds is 12. The molecule has 0 aliphatic heterocycles. The van der Waals surface area contributed by atoms with E-state index >= 15 is 0 Å². The monoisotopic (exact) mass is 490 g/mol. The zero-order valence-corrected chi connectivity index (χ0v) is 23.0. The van der Waals surface area contributed by atoms with Crippen molar-refractivity contribution >= 4 is 21.8 Å². The van der Waals surface area contributed by atoms with Crippen LogP contribution < -0.4 is 0 Å². The number of para-hydroxylation sites is 2. The van der Waals surface area contributed by atoms with E-state index in [0.717, 1.165) is 13.1 Å². The summed E-state index contributed by atoms with van der Waals surface area (Å²) < 4.78 is 4.98. The van der Waals surface area contributed by atoms with E-state index < -0.39 is 0 Å². The third-order valence-electron chi connectivity index (χ3n) is 7.91. The predicted molar refractivity (Wildman–Crippen MR) is 161 cm³/mol. The third kappa shape index (κ3) is 5.25. The number of benzene rings is 3. The van der Waals surface area contributed by atoms with Gasteiger partial charge in [0.25, 0.3) is 0 Å². The summed E-state index contributed by atoms with van der Waals surface area (Å²) in [6.07, 6.45) is 15.1. The van der Waals surface area contributed by atoms with Crippen LogP contribution >= 0.6 is 0 Å². The van der Waals surface area contributed by atoms with Gasteiger partial charge in [0, 0.05) is 58.4 Å². The maximum Gasteiger partial charge on any atom is 0.0486 e. The summed E-state index contributed by atoms with van der Waals surface area (Å²) in [5.41, 5.74) is 9.47. The minimum atomic E-state index is 1.08. The summed E-state index contributed by atoms with van der Waals surface area (Å²) in [6.45, 7) is 9.00. The smallest absolute Gasteiger partial charge is 0.0486 e. The molecule has 0 aliphatic rings. The number of fused-ring (bicyclic) bond motifs is 2. The minimum absolute atomic E-state index is 1.08. The van der Waals surface area contributed by atoms with E-state index in [4.69, 9.17) is 0 Å². The van der Waals surface area contributed by atoms with E-state index in [1.807, 2.05) is 0 Å². The van der Waals surface area contributed by atoms with Crippen LogP contribution in [0.15, 0.2) is 79.1 Å². The summed E-state index contributed by atoms with van der Waals surface area (Å²) >= 11 is 0. The SMILES string of the molecule is CCCCCCn1cc(-c2cccc(C)c2-c2cn(CCCCCC)c3ccccc23)c2ccccc21. The van der Waals surface area contributed by atoms with Gasteiger partial charge in [0.2, 0.25) is 0 Å². The fourth-order valence-electron chi connectivity index (χ4n) is 5.94. The van der Waals surface area contributed by atoms with Gasteiger partial charge in [-0.25, -0.2) is 0 Å². The molecule has 192 valence electrons. The molecule has 0 atom stereocenters. The molecule has 3 aromatic carbocycles. The molecule has 2 nitrogen and oxygen atoms in total. The molecule has 0 radical (unpaired) electrons. The van der Waals surface area contributed by atoms with Crippen molar-refractivity contribution in [2.75, 3.05) is 0 Å². The van der Waals surface area contributed by atoms with Gasteiger partial charge in [-0.2, -0.15) is 0 Å². The Bertz CT molecular complexity index is 1470. The molecule has 0 aliphatic carbocycles. The largest absolute Gasteiger partial charge is 0.347 e. The predicted octanol–water partition coefficient (Wildman–Crippen LogP) is 10.4. The highest BCUT2D eigenvalue weighted by atomic mass is 15.0. The van der Waals surface area contributed by atoms with Crippen molar-refractivity contribution in [3.63, 3.8) is 0 Å². The first-order valence-corrected chi connectivity index (χ1v) is 14.5. The van der Waals surface area contributed by atoms with Gasteiger partial charge < -0.3 is 9.13 Å². The van der Waals surface area contributed by atoms with Crippen LogP contribution in [0.1, 0.15) is 70.8 Å². The molecular weight excluding hydrogens is 448 g/mol. The molecule has 2 heterocycles. The Balaban J connectivity index is 1.61. The highest BCUT2D eigenvalue weighted by Gasteiger charge is 2.19. The van der Waals surface area contributed by atoms with Crippen molar-refractivity contribution in [1.29, 1.82) is 0 Å². The summed E-state index contributed by atoms with van der Waals surface area (Å²) in [4.78, 5) is 0. The molecule has 0 saturated heterocycles. The zero-order valence-electron chi connectivity index (χ0n) is 23.0. The Hall–Kier alpha value is -3.26. The van der Waals surface area contributed by atoms with Gasteiger partial charge in [-0.15, -0.1) is 0 Å². The average Bonchev–Trinajstić information content (AvgIpc) is 3.48. The van der Waals surface area contributed by atoms with Crippen molar-refractivity contribution in [3.8, 4) is 22.3 Å². The van der Waals surface area contributed by atoms with Crippen molar-refractivity contribution in [3.05, 3.63) is 84.7 Å². The first-order chi connectivity index (χ1) is 18.2. The quantitative estimate of drug-likeness (QED) is 0.154. The van der Waals surface area contributed by atoms with E-state index in [9.17, 15) is 0 Å². The van der Waals surface area contributed by atoms with Crippen molar-refractivity contribution in [1.82, 2.24) is 9.13 Å². The number of hydrogen-bond acceptors (Lipinski definition) is 0. The lowest BCUT2D eigenvalue weighted by molar-refractivity contribution is 0.594. The minimum Gasteiger partial charge on any atom is -0.347 e. The van der Waals surface area contributed by atoms with E-state index in [2.05, 4.69) is 109 Å². The van der Waals surface area contributed by atoms with Gasteiger partial charge >= 0.3 is 0 Å². The van der Waals surface area contributed by atoms with Crippen LogP contribution in [0.4, 0.5) is 0 Å². The zero-order chi connectivity index (χ0) is 25.6. The first-order valence-electron chi connectivity index (χ1n) is 14.5. The van der Waals surface area contributed by atoms with Crippen LogP contribution in [0, 0.1) is 6.92 Å². The maximum absolute atomic E-state index is 2.49. The maximum atomic E-state index is 2.49. The number of nitrogens with zero attached hydrogens (tertiary/aromatic N) is 2. The normalized spacial score (nSPS) is 11.6. The van der Waals surface area contributed by atoms with E-state index in [1.165, 1.54) is 101 Å². The van der Waals surface area contributed by atoms with E-state index in [0.29, 0.717) is 0 Å². The van der Waals surface area contributed by atoms with E-state index in [-0.39, 0.29) is 0 Å². The molecule has 37 heavy (non-hydrogen) atoms. The van der Waals surface area contributed by atoms with Crippen molar-refractivity contribution in [2.24, 2.45) is 0 Å². The molecular formula is C35H42N2. The summed E-state index contributed by atoms with van der Waals surface area (Å²) in [7, 11) is 0. The molecule has 0 N–H and O–H groups in total. The van der Waals surface area contributed by atoms with Crippen LogP contribution in [0.2, 0.25) is 0 Å². The molecule has 0 fully saturated rings. The number of unbranched alkanes of at least 4 members (excludes halogenated alkanes) is 6. The van der Waals surface area contributed by atoms with Gasteiger partial charge in [-0.1, -0.05) is 107 Å². The molecule has 0 bridgehead atoms. The lowest BCUT2D eigenvalue weighted by Crippen LogP contribution is -1.96. The average molecular weight is 491 g/mol. The van der Waals surface area contributed by atoms with Crippen LogP contribution in [-0.2, 0) is 13.1 Å². The number of aromatic nitrogens is 2. The molecule has 0 spiro atoms. The van der Waals surface area contributed by atoms with Gasteiger partial charge in [0.05, 0.1) is 0 Å². The second-order valence-electron chi connectivity index (χ2n) is 10.6.